The normalized spacial score (nSPS) is 16.2. The van der Waals surface area contributed by atoms with Crippen LogP contribution in [0, 0.1) is 0 Å². The first-order chi connectivity index (χ1) is 8.38. The van der Waals surface area contributed by atoms with E-state index in [1.807, 2.05) is 0 Å². The zero-order valence-electron chi connectivity index (χ0n) is 10.2. The van der Waals surface area contributed by atoms with Gasteiger partial charge >= 0.3 is 0 Å². The van der Waals surface area contributed by atoms with Gasteiger partial charge in [0.1, 0.15) is 6.29 Å². The van der Waals surface area contributed by atoms with Crippen molar-refractivity contribution in [1.29, 1.82) is 0 Å². The number of aryl methyl sites for hydroxylation is 1. The lowest BCUT2D eigenvalue weighted by Crippen LogP contribution is -2.07. The maximum absolute atomic E-state index is 10.3. The highest BCUT2D eigenvalue weighted by atomic mass is 16.5. The second-order valence-corrected chi connectivity index (χ2v) is 4.74. The molecule has 0 unspecified atom stereocenters. The Morgan fingerprint density at radius 1 is 1.12 bits per heavy atom. The summed E-state index contributed by atoms with van der Waals surface area (Å²) in [6.07, 6.45) is 7.96. The number of carbonyl (C=O) groups is 1. The molecule has 0 N–H and O–H groups in total. The van der Waals surface area contributed by atoms with E-state index in [9.17, 15) is 4.79 Å². The summed E-state index contributed by atoms with van der Waals surface area (Å²) in [5.74, 6) is 0. The second kappa shape index (κ2) is 6.55. The summed E-state index contributed by atoms with van der Waals surface area (Å²) in [6, 6.07) is 8.40. The maximum atomic E-state index is 10.3. The van der Waals surface area contributed by atoms with Crippen LogP contribution in [0.3, 0.4) is 0 Å². The molecule has 92 valence electrons. The number of benzene rings is 1. The Morgan fingerprint density at radius 2 is 1.76 bits per heavy atom. The predicted molar refractivity (Wildman–Crippen MR) is 67.9 cm³/mol. The number of hydrogen-bond donors (Lipinski definition) is 0. The van der Waals surface area contributed by atoms with Gasteiger partial charge in [-0.05, 0) is 30.4 Å². The minimum Gasteiger partial charge on any atom is -0.374 e. The summed E-state index contributed by atoms with van der Waals surface area (Å²) in [4.78, 5) is 10.3. The number of aldehydes is 1. The van der Waals surface area contributed by atoms with Gasteiger partial charge in [0.2, 0.25) is 0 Å². The van der Waals surface area contributed by atoms with Crippen LogP contribution in [0.5, 0.6) is 0 Å². The van der Waals surface area contributed by atoms with Crippen molar-refractivity contribution in [2.24, 2.45) is 0 Å². The molecular formula is C15H20O2. The molecule has 0 spiro atoms. The van der Waals surface area contributed by atoms with Crippen LogP contribution in [-0.2, 0) is 22.6 Å². The zero-order chi connectivity index (χ0) is 11.9. The Kier molecular flexibility index (Phi) is 4.75. The fourth-order valence-corrected chi connectivity index (χ4v) is 2.30. The van der Waals surface area contributed by atoms with Crippen LogP contribution in [0.15, 0.2) is 24.3 Å². The maximum Gasteiger partial charge on any atom is 0.120 e. The number of rotatable bonds is 6. The molecule has 2 nitrogen and oxygen atoms in total. The number of hydrogen-bond acceptors (Lipinski definition) is 2. The largest absolute Gasteiger partial charge is 0.374 e. The van der Waals surface area contributed by atoms with Gasteiger partial charge in [-0.15, -0.1) is 0 Å². The fraction of sp³-hybridized carbons (Fsp3) is 0.533. The first-order valence-corrected chi connectivity index (χ1v) is 6.51. The van der Waals surface area contributed by atoms with Gasteiger partial charge in [-0.3, -0.25) is 0 Å². The van der Waals surface area contributed by atoms with Crippen molar-refractivity contribution >= 4 is 6.29 Å². The second-order valence-electron chi connectivity index (χ2n) is 4.74. The summed E-state index contributed by atoms with van der Waals surface area (Å²) >= 11 is 0. The minimum absolute atomic E-state index is 0.477. The highest BCUT2D eigenvalue weighted by Crippen LogP contribution is 2.22. The van der Waals surface area contributed by atoms with E-state index < -0.39 is 0 Å². The van der Waals surface area contributed by atoms with Crippen molar-refractivity contribution < 1.29 is 9.53 Å². The van der Waals surface area contributed by atoms with Gasteiger partial charge in [0.05, 0.1) is 12.7 Å². The fourth-order valence-electron chi connectivity index (χ4n) is 2.30. The molecule has 0 aliphatic heterocycles. The number of carbonyl (C=O) groups excluding carboxylic acids is 1. The molecule has 0 amide bonds. The van der Waals surface area contributed by atoms with Crippen molar-refractivity contribution in [2.75, 3.05) is 0 Å². The molecule has 0 aromatic heterocycles. The molecule has 1 aliphatic carbocycles. The van der Waals surface area contributed by atoms with Gasteiger partial charge in [0.15, 0.2) is 0 Å². The van der Waals surface area contributed by atoms with E-state index in [1.165, 1.54) is 36.8 Å². The van der Waals surface area contributed by atoms with Crippen LogP contribution in [0.25, 0.3) is 0 Å². The summed E-state index contributed by atoms with van der Waals surface area (Å²) in [6.45, 7) is 0.721. The zero-order valence-corrected chi connectivity index (χ0v) is 10.2. The molecule has 0 heterocycles. The Morgan fingerprint density at radius 3 is 2.41 bits per heavy atom. The van der Waals surface area contributed by atoms with Gasteiger partial charge < -0.3 is 9.53 Å². The van der Waals surface area contributed by atoms with Crippen molar-refractivity contribution in [1.82, 2.24) is 0 Å². The van der Waals surface area contributed by atoms with Crippen LogP contribution >= 0.6 is 0 Å². The lowest BCUT2D eigenvalue weighted by atomic mass is 10.1. The molecule has 2 rings (SSSR count). The Balaban J connectivity index is 1.78. The SMILES string of the molecule is O=CCCc1ccc(COC2CCCC2)cc1. The molecule has 0 atom stereocenters. The first kappa shape index (κ1) is 12.3. The van der Waals surface area contributed by atoms with Crippen LogP contribution < -0.4 is 0 Å². The summed E-state index contributed by atoms with van der Waals surface area (Å²) < 4.78 is 5.85. The lowest BCUT2D eigenvalue weighted by Gasteiger charge is -2.11. The van der Waals surface area contributed by atoms with Crippen LogP contribution in [0.2, 0.25) is 0 Å². The van der Waals surface area contributed by atoms with Gasteiger partial charge in [0.25, 0.3) is 0 Å². The van der Waals surface area contributed by atoms with E-state index in [0.29, 0.717) is 12.5 Å². The lowest BCUT2D eigenvalue weighted by molar-refractivity contribution is -0.107. The molecule has 1 aromatic rings. The highest BCUT2D eigenvalue weighted by Gasteiger charge is 2.14. The molecule has 1 saturated carbocycles. The third kappa shape index (κ3) is 3.97. The average Bonchev–Trinajstić information content (AvgIpc) is 2.88. The molecular weight excluding hydrogens is 212 g/mol. The van der Waals surface area contributed by atoms with Crippen molar-refractivity contribution in [2.45, 2.75) is 51.2 Å². The van der Waals surface area contributed by atoms with Crippen LogP contribution in [0.4, 0.5) is 0 Å². The number of ether oxygens (including phenoxy) is 1. The smallest absolute Gasteiger partial charge is 0.120 e. The topological polar surface area (TPSA) is 26.3 Å². The van der Waals surface area contributed by atoms with Crippen molar-refractivity contribution in [3.05, 3.63) is 35.4 Å². The molecule has 1 aliphatic rings. The van der Waals surface area contributed by atoms with Gasteiger partial charge in [-0.1, -0.05) is 37.1 Å². The third-order valence-electron chi connectivity index (χ3n) is 3.36. The summed E-state index contributed by atoms with van der Waals surface area (Å²) in [7, 11) is 0. The van der Waals surface area contributed by atoms with Gasteiger partial charge in [-0.25, -0.2) is 0 Å². The Labute approximate surface area is 103 Å². The van der Waals surface area contributed by atoms with Crippen molar-refractivity contribution in [3.8, 4) is 0 Å². The summed E-state index contributed by atoms with van der Waals surface area (Å²) in [5, 5.41) is 0. The quantitative estimate of drug-likeness (QED) is 0.704. The van der Waals surface area contributed by atoms with Crippen LogP contribution in [-0.4, -0.2) is 12.4 Å². The van der Waals surface area contributed by atoms with Crippen molar-refractivity contribution in [3.63, 3.8) is 0 Å². The van der Waals surface area contributed by atoms with Crippen LogP contribution in [0.1, 0.15) is 43.2 Å². The molecule has 17 heavy (non-hydrogen) atoms. The van der Waals surface area contributed by atoms with E-state index in [-0.39, 0.29) is 0 Å². The van der Waals surface area contributed by atoms with E-state index in [0.717, 1.165) is 19.3 Å². The van der Waals surface area contributed by atoms with E-state index in [4.69, 9.17) is 4.74 Å². The Bertz CT molecular complexity index is 336. The standard InChI is InChI=1S/C15H20O2/c16-11-3-4-13-7-9-14(10-8-13)12-17-15-5-1-2-6-15/h7-11,15H,1-6,12H2. The van der Waals surface area contributed by atoms with E-state index >= 15 is 0 Å². The molecule has 0 saturated heterocycles. The monoisotopic (exact) mass is 232 g/mol. The van der Waals surface area contributed by atoms with E-state index in [2.05, 4.69) is 24.3 Å². The van der Waals surface area contributed by atoms with Gasteiger partial charge in [-0.2, -0.15) is 0 Å². The summed E-state index contributed by atoms with van der Waals surface area (Å²) in [5.41, 5.74) is 2.45. The minimum atomic E-state index is 0.477. The first-order valence-electron chi connectivity index (χ1n) is 6.51. The predicted octanol–water partition coefficient (Wildman–Crippen LogP) is 3.28. The molecule has 1 aromatic carbocycles. The molecule has 2 heteroatoms. The van der Waals surface area contributed by atoms with Gasteiger partial charge in [0, 0.05) is 6.42 Å². The Hall–Kier alpha value is -1.15. The molecule has 0 radical (unpaired) electrons. The molecule has 1 fully saturated rings. The highest BCUT2D eigenvalue weighted by molar-refractivity contribution is 5.50. The third-order valence-corrected chi connectivity index (χ3v) is 3.36. The average molecular weight is 232 g/mol. The molecule has 0 bridgehead atoms. The van der Waals surface area contributed by atoms with E-state index in [1.54, 1.807) is 0 Å².